The molecule has 0 bridgehead atoms. The van der Waals surface area contributed by atoms with Crippen molar-refractivity contribution in [1.82, 2.24) is 4.57 Å². The molecule has 6 aromatic rings. The van der Waals surface area contributed by atoms with E-state index < -0.39 is 0 Å². The van der Waals surface area contributed by atoms with Gasteiger partial charge in [0.2, 0.25) is 0 Å². The van der Waals surface area contributed by atoms with Crippen LogP contribution in [0.15, 0.2) is 108 Å². The van der Waals surface area contributed by atoms with Crippen LogP contribution in [0.5, 0.6) is 5.75 Å². The van der Waals surface area contributed by atoms with Crippen molar-refractivity contribution in [1.29, 1.82) is 0 Å². The quantitative estimate of drug-likeness (QED) is 0.239. The first-order chi connectivity index (χ1) is 17.8. The summed E-state index contributed by atoms with van der Waals surface area (Å²) in [6, 6.07) is 27.7. The van der Waals surface area contributed by atoms with Crippen LogP contribution in [0.4, 0.5) is 0 Å². The lowest BCUT2D eigenvalue weighted by Gasteiger charge is -2.18. The van der Waals surface area contributed by atoms with Crippen molar-refractivity contribution in [2.45, 2.75) is 33.3 Å². The summed E-state index contributed by atoms with van der Waals surface area (Å²) in [6.07, 6.45) is 9.23. The zero-order valence-corrected chi connectivity index (χ0v) is 20.9. The molecule has 3 heterocycles. The maximum Gasteiger partial charge on any atom is 0.159 e. The number of benzene rings is 4. The summed E-state index contributed by atoms with van der Waals surface area (Å²) in [5, 5.41) is 4.64. The van der Waals surface area contributed by atoms with Gasteiger partial charge in [-0.05, 0) is 37.6 Å². The van der Waals surface area contributed by atoms with E-state index in [1.165, 1.54) is 16.3 Å². The van der Waals surface area contributed by atoms with Crippen LogP contribution >= 0.6 is 0 Å². The first-order valence-electron chi connectivity index (χ1n) is 12.8. The largest absolute Gasteiger partial charge is 0.484 e. The number of allylic oxidation sites excluding steroid dienone is 3. The van der Waals surface area contributed by atoms with Crippen molar-refractivity contribution in [3.63, 3.8) is 0 Å². The second-order valence-electron chi connectivity index (χ2n) is 8.89. The molecule has 1 atom stereocenters. The van der Waals surface area contributed by atoms with Crippen LogP contribution in [0.25, 0.3) is 49.4 Å². The molecule has 0 saturated heterocycles. The summed E-state index contributed by atoms with van der Waals surface area (Å²) in [7, 11) is 0. The molecule has 7 rings (SSSR count). The van der Waals surface area contributed by atoms with Crippen LogP contribution in [0, 0.1) is 0 Å². The van der Waals surface area contributed by atoms with E-state index in [4.69, 9.17) is 9.15 Å². The molecular weight excluding hydrogens is 442 g/mol. The predicted molar refractivity (Wildman–Crippen MR) is 151 cm³/mol. The Hall–Kier alpha value is -4.24. The van der Waals surface area contributed by atoms with E-state index in [9.17, 15) is 0 Å². The van der Waals surface area contributed by atoms with Crippen LogP contribution in [-0.4, -0.2) is 10.7 Å². The van der Waals surface area contributed by atoms with Gasteiger partial charge in [-0.15, -0.1) is 0 Å². The number of ether oxygens (including phenoxy) is 1. The summed E-state index contributed by atoms with van der Waals surface area (Å²) in [5.74, 6) is 0.936. The third-order valence-electron chi connectivity index (χ3n) is 6.77. The standard InChI is InChI=1S/C31H23NO2.C2H6/c1-20-10-3-2-4-11-21-18-19-24-22-12-5-7-15-26(22)32(29(24)30(21)33-20)27-16-9-14-25-23-13-6-8-17-28(23)34-31(25)27;1-2/h2-10,12-20H,11H2,1H3;1-2H3/b4-2-,10-3-;. The Labute approximate surface area is 210 Å². The Bertz CT molecular complexity index is 1780. The maximum absolute atomic E-state index is 6.61. The van der Waals surface area contributed by atoms with Crippen molar-refractivity contribution in [2.75, 3.05) is 0 Å². The molecule has 1 aliphatic rings. The fraction of sp³-hybridized carbons (Fsp3) is 0.152. The van der Waals surface area contributed by atoms with Crippen LogP contribution in [0.1, 0.15) is 26.3 Å². The van der Waals surface area contributed by atoms with Gasteiger partial charge in [0.25, 0.3) is 0 Å². The molecule has 0 N–H and O–H groups in total. The molecule has 0 fully saturated rings. The van der Waals surface area contributed by atoms with Crippen molar-refractivity contribution in [3.05, 3.63) is 109 Å². The fourth-order valence-electron chi connectivity index (χ4n) is 5.24. The number of furan rings is 1. The summed E-state index contributed by atoms with van der Waals surface area (Å²) >= 11 is 0. The van der Waals surface area contributed by atoms with Crippen molar-refractivity contribution in [3.8, 4) is 11.4 Å². The average Bonchev–Trinajstić information content (AvgIpc) is 3.48. The molecule has 2 aromatic heterocycles. The summed E-state index contributed by atoms with van der Waals surface area (Å²) in [6.45, 7) is 6.09. The minimum atomic E-state index is -0.0412. The highest BCUT2D eigenvalue weighted by atomic mass is 16.5. The monoisotopic (exact) mass is 471 g/mol. The number of nitrogens with zero attached hydrogens (tertiary/aromatic N) is 1. The van der Waals surface area contributed by atoms with Gasteiger partial charge in [-0.1, -0.05) is 92.7 Å². The van der Waals surface area contributed by atoms with E-state index >= 15 is 0 Å². The molecule has 178 valence electrons. The molecule has 0 amide bonds. The SMILES string of the molecule is CC.CC1/C=C\C=C/Cc2ccc3c4ccccc4n(-c4cccc5c4oc4ccccc45)c3c2O1. The normalized spacial score (nSPS) is 17.0. The summed E-state index contributed by atoms with van der Waals surface area (Å²) in [5.41, 5.74) is 6.22. The predicted octanol–water partition coefficient (Wildman–Crippen LogP) is 9.15. The minimum absolute atomic E-state index is 0.0412. The lowest BCUT2D eigenvalue weighted by Crippen LogP contribution is -2.10. The number of fused-ring (bicyclic) bond motifs is 8. The second kappa shape index (κ2) is 9.09. The molecule has 3 nitrogen and oxygen atoms in total. The Morgan fingerprint density at radius 1 is 0.750 bits per heavy atom. The lowest BCUT2D eigenvalue weighted by atomic mass is 10.1. The third kappa shape index (κ3) is 3.43. The van der Waals surface area contributed by atoms with E-state index in [1.807, 2.05) is 26.0 Å². The highest BCUT2D eigenvalue weighted by molar-refractivity contribution is 6.14. The van der Waals surface area contributed by atoms with Gasteiger partial charge < -0.3 is 13.7 Å². The van der Waals surface area contributed by atoms with Crippen molar-refractivity contribution >= 4 is 43.7 Å². The highest BCUT2D eigenvalue weighted by Gasteiger charge is 2.22. The van der Waals surface area contributed by atoms with Gasteiger partial charge in [0.15, 0.2) is 5.58 Å². The van der Waals surface area contributed by atoms with Gasteiger partial charge in [0.05, 0.1) is 16.7 Å². The Kier molecular flexibility index (Phi) is 5.61. The Balaban J connectivity index is 0.00000117. The minimum Gasteiger partial charge on any atom is -0.484 e. The number of hydrogen-bond donors (Lipinski definition) is 0. The van der Waals surface area contributed by atoms with E-state index in [2.05, 4.69) is 103 Å². The average molecular weight is 472 g/mol. The van der Waals surface area contributed by atoms with Gasteiger partial charge in [0, 0.05) is 27.1 Å². The zero-order chi connectivity index (χ0) is 24.6. The van der Waals surface area contributed by atoms with Gasteiger partial charge in [-0.3, -0.25) is 0 Å². The third-order valence-corrected chi connectivity index (χ3v) is 6.77. The molecule has 1 aliphatic heterocycles. The van der Waals surface area contributed by atoms with Crippen LogP contribution in [0.3, 0.4) is 0 Å². The van der Waals surface area contributed by atoms with Gasteiger partial charge >= 0.3 is 0 Å². The number of hydrogen-bond acceptors (Lipinski definition) is 2. The molecule has 3 heteroatoms. The van der Waals surface area contributed by atoms with Gasteiger partial charge in [-0.25, -0.2) is 0 Å². The van der Waals surface area contributed by atoms with Crippen LogP contribution < -0.4 is 4.74 Å². The van der Waals surface area contributed by atoms with E-state index in [0.29, 0.717) is 0 Å². The smallest absolute Gasteiger partial charge is 0.159 e. The van der Waals surface area contributed by atoms with Crippen molar-refractivity contribution in [2.24, 2.45) is 0 Å². The maximum atomic E-state index is 6.61. The van der Waals surface area contributed by atoms with E-state index in [1.54, 1.807) is 0 Å². The number of rotatable bonds is 1. The first-order valence-corrected chi connectivity index (χ1v) is 12.8. The Morgan fingerprint density at radius 2 is 1.53 bits per heavy atom. The van der Waals surface area contributed by atoms with Gasteiger partial charge in [0.1, 0.15) is 17.4 Å². The summed E-state index contributed by atoms with van der Waals surface area (Å²) in [4.78, 5) is 0. The fourth-order valence-corrected chi connectivity index (χ4v) is 5.24. The molecule has 4 aromatic carbocycles. The molecule has 36 heavy (non-hydrogen) atoms. The topological polar surface area (TPSA) is 27.3 Å². The first kappa shape index (κ1) is 22.2. The molecular formula is C33H29NO2. The zero-order valence-electron chi connectivity index (χ0n) is 20.9. The molecule has 0 saturated carbocycles. The summed E-state index contributed by atoms with van der Waals surface area (Å²) < 4.78 is 15.4. The van der Waals surface area contributed by atoms with Gasteiger partial charge in [-0.2, -0.15) is 0 Å². The highest BCUT2D eigenvalue weighted by Crippen LogP contribution is 2.42. The van der Waals surface area contributed by atoms with E-state index in [0.717, 1.165) is 50.8 Å². The van der Waals surface area contributed by atoms with Crippen molar-refractivity contribution < 1.29 is 9.15 Å². The van der Waals surface area contributed by atoms with Crippen LogP contribution in [0.2, 0.25) is 0 Å². The second-order valence-corrected chi connectivity index (χ2v) is 8.89. The Morgan fingerprint density at radius 3 is 2.42 bits per heavy atom. The number of aromatic nitrogens is 1. The van der Waals surface area contributed by atoms with E-state index in [-0.39, 0.29) is 6.10 Å². The van der Waals surface area contributed by atoms with Crippen LogP contribution in [-0.2, 0) is 6.42 Å². The molecule has 0 aliphatic carbocycles. The molecule has 0 radical (unpaired) electrons. The molecule has 1 unspecified atom stereocenters. The number of para-hydroxylation sites is 3. The lowest BCUT2D eigenvalue weighted by molar-refractivity contribution is 0.270. The molecule has 0 spiro atoms.